The highest BCUT2D eigenvalue weighted by molar-refractivity contribution is 9.09. The lowest BCUT2D eigenvalue weighted by Crippen LogP contribution is -1.97. The summed E-state index contributed by atoms with van der Waals surface area (Å²) >= 11 is 3.80. The number of alkyl halides is 1. The highest BCUT2D eigenvalue weighted by Gasteiger charge is 2.11. The van der Waals surface area contributed by atoms with E-state index < -0.39 is 0 Å². The van der Waals surface area contributed by atoms with Crippen molar-refractivity contribution in [3.8, 4) is 0 Å². The predicted molar refractivity (Wildman–Crippen MR) is 82.4 cm³/mol. The number of aryl methyl sites for hydroxylation is 2. The van der Waals surface area contributed by atoms with Gasteiger partial charge in [-0.3, -0.25) is 0 Å². The molecule has 0 spiro atoms. The third-order valence-electron chi connectivity index (χ3n) is 3.38. The molecule has 0 saturated heterocycles. The van der Waals surface area contributed by atoms with Gasteiger partial charge < -0.3 is 0 Å². The SMILES string of the molecule is CCc1ccc(C(Br)c2ccccc2)cc1CC. The van der Waals surface area contributed by atoms with E-state index in [2.05, 4.69) is 78.3 Å². The molecule has 1 unspecified atom stereocenters. The Morgan fingerprint density at radius 2 is 1.50 bits per heavy atom. The van der Waals surface area contributed by atoms with E-state index in [1.165, 1.54) is 22.3 Å². The van der Waals surface area contributed by atoms with Crippen LogP contribution < -0.4 is 0 Å². The smallest absolute Gasteiger partial charge is 0.0644 e. The molecule has 0 heterocycles. The van der Waals surface area contributed by atoms with Gasteiger partial charge in [0.05, 0.1) is 4.83 Å². The monoisotopic (exact) mass is 302 g/mol. The topological polar surface area (TPSA) is 0 Å². The van der Waals surface area contributed by atoms with Crippen LogP contribution in [0.3, 0.4) is 0 Å². The first-order valence-corrected chi connectivity index (χ1v) is 7.48. The lowest BCUT2D eigenvalue weighted by Gasteiger charge is -2.14. The third-order valence-corrected chi connectivity index (χ3v) is 4.43. The summed E-state index contributed by atoms with van der Waals surface area (Å²) in [6.45, 7) is 4.45. The second-order valence-corrected chi connectivity index (χ2v) is 5.42. The van der Waals surface area contributed by atoms with E-state index in [9.17, 15) is 0 Å². The molecule has 0 aliphatic carbocycles. The Morgan fingerprint density at radius 3 is 2.11 bits per heavy atom. The molecule has 0 radical (unpaired) electrons. The second-order valence-electron chi connectivity index (χ2n) is 4.51. The molecule has 0 N–H and O–H groups in total. The molecular formula is C17H19Br. The Morgan fingerprint density at radius 1 is 0.833 bits per heavy atom. The zero-order chi connectivity index (χ0) is 13.0. The Hall–Kier alpha value is -1.08. The summed E-state index contributed by atoms with van der Waals surface area (Å²) in [5.74, 6) is 0. The van der Waals surface area contributed by atoms with Crippen molar-refractivity contribution in [2.75, 3.05) is 0 Å². The van der Waals surface area contributed by atoms with Crippen molar-refractivity contribution < 1.29 is 0 Å². The molecule has 0 fully saturated rings. The number of halogens is 1. The van der Waals surface area contributed by atoms with Gasteiger partial charge in [0.1, 0.15) is 0 Å². The predicted octanol–water partition coefficient (Wildman–Crippen LogP) is 5.30. The van der Waals surface area contributed by atoms with Crippen LogP contribution in [-0.2, 0) is 12.8 Å². The fraction of sp³-hybridized carbons (Fsp3) is 0.294. The zero-order valence-electron chi connectivity index (χ0n) is 11.0. The standard InChI is InChI=1S/C17H19Br/c1-3-13-10-11-16(12-14(13)4-2)17(18)15-8-6-5-7-9-15/h5-12,17H,3-4H2,1-2H3. The first-order chi connectivity index (χ1) is 8.76. The van der Waals surface area contributed by atoms with E-state index in [-0.39, 0.29) is 4.83 Å². The first kappa shape index (κ1) is 13.4. The van der Waals surface area contributed by atoms with Crippen LogP contribution in [-0.4, -0.2) is 0 Å². The van der Waals surface area contributed by atoms with Gasteiger partial charge in [-0.15, -0.1) is 0 Å². The molecule has 2 aromatic carbocycles. The lowest BCUT2D eigenvalue weighted by atomic mass is 9.97. The van der Waals surface area contributed by atoms with Crippen molar-refractivity contribution in [2.24, 2.45) is 0 Å². The highest BCUT2D eigenvalue weighted by atomic mass is 79.9. The normalized spacial score (nSPS) is 12.4. The van der Waals surface area contributed by atoms with Crippen LogP contribution in [0.1, 0.15) is 40.9 Å². The third kappa shape index (κ3) is 2.84. The lowest BCUT2D eigenvalue weighted by molar-refractivity contribution is 1.02. The van der Waals surface area contributed by atoms with E-state index in [1.807, 2.05) is 0 Å². The highest BCUT2D eigenvalue weighted by Crippen LogP contribution is 2.31. The van der Waals surface area contributed by atoms with Crippen LogP contribution >= 0.6 is 15.9 Å². The fourth-order valence-electron chi connectivity index (χ4n) is 2.29. The van der Waals surface area contributed by atoms with Crippen molar-refractivity contribution in [2.45, 2.75) is 31.5 Å². The Labute approximate surface area is 118 Å². The van der Waals surface area contributed by atoms with Gasteiger partial charge in [0.15, 0.2) is 0 Å². The molecule has 0 bridgehead atoms. The average Bonchev–Trinajstić information content (AvgIpc) is 2.46. The summed E-state index contributed by atoms with van der Waals surface area (Å²) in [6, 6.07) is 17.4. The van der Waals surface area contributed by atoms with Gasteiger partial charge in [0, 0.05) is 0 Å². The molecule has 0 saturated carbocycles. The maximum absolute atomic E-state index is 3.80. The summed E-state index contributed by atoms with van der Waals surface area (Å²) in [6.07, 6.45) is 2.22. The molecule has 18 heavy (non-hydrogen) atoms. The van der Waals surface area contributed by atoms with E-state index in [4.69, 9.17) is 0 Å². The van der Waals surface area contributed by atoms with Gasteiger partial charge in [-0.05, 0) is 35.1 Å². The van der Waals surface area contributed by atoms with Gasteiger partial charge in [0.2, 0.25) is 0 Å². The first-order valence-electron chi connectivity index (χ1n) is 6.57. The van der Waals surface area contributed by atoms with Gasteiger partial charge in [-0.25, -0.2) is 0 Å². The van der Waals surface area contributed by atoms with E-state index in [1.54, 1.807) is 0 Å². The Bertz CT molecular complexity index is 502. The molecule has 2 aromatic rings. The van der Waals surface area contributed by atoms with E-state index in [0.29, 0.717) is 0 Å². The van der Waals surface area contributed by atoms with Crippen molar-refractivity contribution in [1.82, 2.24) is 0 Å². The quantitative estimate of drug-likeness (QED) is 0.673. The molecule has 0 aliphatic heterocycles. The minimum atomic E-state index is 0.287. The van der Waals surface area contributed by atoms with Crippen LogP contribution in [0.4, 0.5) is 0 Å². The summed E-state index contributed by atoms with van der Waals surface area (Å²) in [5.41, 5.74) is 5.59. The van der Waals surface area contributed by atoms with Crippen LogP contribution in [0, 0.1) is 0 Å². The van der Waals surface area contributed by atoms with Crippen molar-refractivity contribution >= 4 is 15.9 Å². The van der Waals surface area contributed by atoms with Crippen molar-refractivity contribution in [1.29, 1.82) is 0 Å². The van der Waals surface area contributed by atoms with E-state index >= 15 is 0 Å². The number of hydrogen-bond donors (Lipinski definition) is 0. The second kappa shape index (κ2) is 6.19. The molecule has 2 rings (SSSR count). The van der Waals surface area contributed by atoms with Crippen molar-refractivity contribution in [3.63, 3.8) is 0 Å². The van der Waals surface area contributed by atoms with Crippen LogP contribution in [0.25, 0.3) is 0 Å². The largest absolute Gasteiger partial charge is 0.0786 e. The van der Waals surface area contributed by atoms with Gasteiger partial charge in [0.25, 0.3) is 0 Å². The Balaban J connectivity index is 2.34. The average molecular weight is 303 g/mol. The molecule has 0 nitrogen and oxygen atoms in total. The maximum atomic E-state index is 3.80. The number of rotatable bonds is 4. The molecule has 1 heteroatoms. The minimum absolute atomic E-state index is 0.287. The van der Waals surface area contributed by atoms with Gasteiger partial charge in [-0.2, -0.15) is 0 Å². The molecule has 94 valence electrons. The summed E-state index contributed by atoms with van der Waals surface area (Å²) in [5, 5.41) is 0. The van der Waals surface area contributed by atoms with Crippen molar-refractivity contribution in [3.05, 3.63) is 70.8 Å². The van der Waals surface area contributed by atoms with Gasteiger partial charge in [-0.1, -0.05) is 78.3 Å². The molecule has 0 aliphatic rings. The number of benzene rings is 2. The minimum Gasteiger partial charge on any atom is -0.0786 e. The fourth-order valence-corrected chi connectivity index (χ4v) is 2.88. The van der Waals surface area contributed by atoms with Gasteiger partial charge >= 0.3 is 0 Å². The molecule has 0 amide bonds. The maximum Gasteiger partial charge on any atom is 0.0644 e. The summed E-state index contributed by atoms with van der Waals surface area (Å²) in [4.78, 5) is 0.287. The van der Waals surface area contributed by atoms with Crippen LogP contribution in [0.2, 0.25) is 0 Å². The van der Waals surface area contributed by atoms with Crippen LogP contribution in [0.15, 0.2) is 48.5 Å². The van der Waals surface area contributed by atoms with Crippen LogP contribution in [0.5, 0.6) is 0 Å². The number of hydrogen-bond acceptors (Lipinski definition) is 0. The molecular weight excluding hydrogens is 284 g/mol. The Kier molecular flexibility index (Phi) is 4.60. The molecule has 1 atom stereocenters. The molecule has 0 aromatic heterocycles. The summed E-state index contributed by atoms with van der Waals surface area (Å²) < 4.78 is 0. The van der Waals surface area contributed by atoms with E-state index in [0.717, 1.165) is 12.8 Å². The summed E-state index contributed by atoms with van der Waals surface area (Å²) in [7, 11) is 0. The zero-order valence-corrected chi connectivity index (χ0v) is 12.6.